The van der Waals surface area contributed by atoms with E-state index in [2.05, 4.69) is 16.6 Å². The van der Waals surface area contributed by atoms with Crippen LogP contribution >= 0.6 is 11.8 Å². The standard InChI is InChI=1S/C9H15N3S/c1-7-5-9(11-3-4-13-2)12-6-8(7)10/h5-6H,3-4,10H2,1-2H3,(H,11,12). The second-order valence-corrected chi connectivity index (χ2v) is 3.83. The number of nitrogens with two attached hydrogens (primary N) is 1. The van der Waals surface area contributed by atoms with Crippen molar-refractivity contribution >= 4 is 23.3 Å². The number of nitrogen functional groups attached to an aromatic ring is 1. The Bertz CT molecular complexity index is 276. The van der Waals surface area contributed by atoms with Crippen molar-refractivity contribution in [3.8, 4) is 0 Å². The van der Waals surface area contributed by atoms with E-state index in [0.717, 1.165) is 29.4 Å². The van der Waals surface area contributed by atoms with Crippen LogP contribution in [0.25, 0.3) is 0 Å². The van der Waals surface area contributed by atoms with E-state index in [1.807, 2.05) is 24.8 Å². The molecule has 0 aliphatic carbocycles. The summed E-state index contributed by atoms with van der Waals surface area (Å²) in [6.45, 7) is 2.92. The third-order valence-electron chi connectivity index (χ3n) is 1.76. The van der Waals surface area contributed by atoms with Gasteiger partial charge in [0.1, 0.15) is 5.82 Å². The SMILES string of the molecule is CSCCNc1cc(C)c(N)cn1. The summed E-state index contributed by atoms with van der Waals surface area (Å²) >= 11 is 1.81. The molecule has 3 N–H and O–H groups in total. The summed E-state index contributed by atoms with van der Waals surface area (Å²) in [4.78, 5) is 4.17. The normalized spacial score (nSPS) is 10.0. The van der Waals surface area contributed by atoms with Gasteiger partial charge in [-0.25, -0.2) is 4.98 Å². The molecule has 0 atom stereocenters. The van der Waals surface area contributed by atoms with Gasteiger partial charge in [0.15, 0.2) is 0 Å². The van der Waals surface area contributed by atoms with Gasteiger partial charge in [-0.1, -0.05) is 0 Å². The molecule has 0 saturated heterocycles. The monoisotopic (exact) mass is 197 g/mol. The van der Waals surface area contributed by atoms with Gasteiger partial charge in [0.05, 0.1) is 11.9 Å². The van der Waals surface area contributed by atoms with Crippen molar-refractivity contribution in [2.45, 2.75) is 6.92 Å². The fourth-order valence-electron chi connectivity index (χ4n) is 0.944. The maximum Gasteiger partial charge on any atom is 0.126 e. The number of hydrogen-bond donors (Lipinski definition) is 2. The van der Waals surface area contributed by atoms with Crippen LogP contribution in [0.4, 0.5) is 11.5 Å². The third kappa shape index (κ3) is 3.14. The molecular formula is C9H15N3S. The zero-order valence-corrected chi connectivity index (χ0v) is 8.82. The fourth-order valence-corrected chi connectivity index (χ4v) is 1.25. The Balaban J connectivity index is 2.53. The van der Waals surface area contributed by atoms with Gasteiger partial charge in [0.2, 0.25) is 0 Å². The van der Waals surface area contributed by atoms with Crippen molar-refractivity contribution in [3.63, 3.8) is 0 Å². The quantitative estimate of drug-likeness (QED) is 0.722. The predicted molar refractivity (Wildman–Crippen MR) is 60.3 cm³/mol. The minimum absolute atomic E-state index is 0.746. The molecule has 0 aliphatic rings. The Morgan fingerprint density at radius 2 is 2.38 bits per heavy atom. The summed E-state index contributed by atoms with van der Waals surface area (Å²) in [5.41, 5.74) is 7.47. The largest absolute Gasteiger partial charge is 0.397 e. The first-order chi connectivity index (χ1) is 6.24. The predicted octanol–water partition coefficient (Wildman–Crippen LogP) is 1.75. The van der Waals surface area contributed by atoms with Crippen LogP contribution in [0.2, 0.25) is 0 Å². The second kappa shape index (κ2) is 4.97. The van der Waals surface area contributed by atoms with E-state index in [-0.39, 0.29) is 0 Å². The van der Waals surface area contributed by atoms with Crippen molar-refractivity contribution in [3.05, 3.63) is 17.8 Å². The first kappa shape index (κ1) is 10.2. The Labute approximate surface area is 83.1 Å². The number of hydrogen-bond acceptors (Lipinski definition) is 4. The number of pyridine rings is 1. The molecule has 72 valence electrons. The molecule has 0 aliphatic heterocycles. The lowest BCUT2D eigenvalue weighted by Gasteiger charge is -2.06. The molecule has 0 fully saturated rings. The summed E-state index contributed by atoms with van der Waals surface area (Å²) in [5, 5.41) is 3.23. The number of nitrogens with one attached hydrogen (secondary N) is 1. The van der Waals surface area contributed by atoms with Crippen LogP contribution in [0.1, 0.15) is 5.56 Å². The first-order valence-corrected chi connectivity index (χ1v) is 5.58. The Kier molecular flexibility index (Phi) is 3.89. The van der Waals surface area contributed by atoms with E-state index in [1.54, 1.807) is 6.20 Å². The van der Waals surface area contributed by atoms with Gasteiger partial charge in [-0.05, 0) is 24.8 Å². The summed E-state index contributed by atoms with van der Waals surface area (Å²) < 4.78 is 0. The lowest BCUT2D eigenvalue weighted by molar-refractivity contribution is 1.16. The number of rotatable bonds is 4. The van der Waals surface area contributed by atoms with E-state index in [4.69, 9.17) is 5.73 Å². The summed E-state index contributed by atoms with van der Waals surface area (Å²) in [6.07, 6.45) is 3.78. The highest BCUT2D eigenvalue weighted by Crippen LogP contribution is 2.12. The molecule has 0 saturated carbocycles. The molecule has 0 bridgehead atoms. The molecule has 1 heterocycles. The molecule has 0 radical (unpaired) electrons. The van der Waals surface area contributed by atoms with Crippen molar-refractivity contribution in [1.29, 1.82) is 0 Å². The fraction of sp³-hybridized carbons (Fsp3) is 0.444. The topological polar surface area (TPSA) is 50.9 Å². The van der Waals surface area contributed by atoms with Crippen LogP contribution in [0, 0.1) is 6.92 Å². The molecule has 0 unspecified atom stereocenters. The van der Waals surface area contributed by atoms with Gasteiger partial charge in [0, 0.05) is 12.3 Å². The lowest BCUT2D eigenvalue weighted by atomic mass is 10.2. The maximum atomic E-state index is 5.65. The molecule has 1 rings (SSSR count). The zero-order chi connectivity index (χ0) is 9.68. The van der Waals surface area contributed by atoms with Crippen LogP contribution in [-0.2, 0) is 0 Å². The van der Waals surface area contributed by atoms with Crippen molar-refractivity contribution in [2.24, 2.45) is 0 Å². The lowest BCUT2D eigenvalue weighted by Crippen LogP contribution is -2.06. The number of aromatic nitrogens is 1. The van der Waals surface area contributed by atoms with E-state index < -0.39 is 0 Å². The molecular weight excluding hydrogens is 182 g/mol. The maximum absolute atomic E-state index is 5.65. The van der Waals surface area contributed by atoms with E-state index in [0.29, 0.717) is 0 Å². The van der Waals surface area contributed by atoms with Gasteiger partial charge < -0.3 is 11.1 Å². The summed E-state index contributed by atoms with van der Waals surface area (Å²) in [6, 6.07) is 1.97. The zero-order valence-electron chi connectivity index (χ0n) is 8.00. The van der Waals surface area contributed by atoms with Gasteiger partial charge in [-0.15, -0.1) is 0 Å². The number of aryl methyl sites for hydroxylation is 1. The molecule has 1 aromatic rings. The highest BCUT2D eigenvalue weighted by Gasteiger charge is 1.96. The highest BCUT2D eigenvalue weighted by atomic mass is 32.2. The van der Waals surface area contributed by atoms with Crippen molar-refractivity contribution < 1.29 is 0 Å². The minimum atomic E-state index is 0.746. The van der Waals surface area contributed by atoms with Crippen LogP contribution in [0.5, 0.6) is 0 Å². The average Bonchev–Trinajstić information content (AvgIpc) is 2.12. The van der Waals surface area contributed by atoms with Crippen LogP contribution in [0.3, 0.4) is 0 Å². The van der Waals surface area contributed by atoms with Gasteiger partial charge in [-0.3, -0.25) is 0 Å². The molecule has 0 aromatic carbocycles. The molecule has 0 spiro atoms. The molecule has 3 nitrogen and oxygen atoms in total. The van der Waals surface area contributed by atoms with E-state index >= 15 is 0 Å². The van der Waals surface area contributed by atoms with Gasteiger partial charge in [0.25, 0.3) is 0 Å². The van der Waals surface area contributed by atoms with Crippen LogP contribution < -0.4 is 11.1 Å². The Morgan fingerprint density at radius 3 is 3.00 bits per heavy atom. The van der Waals surface area contributed by atoms with E-state index in [1.165, 1.54) is 0 Å². The Morgan fingerprint density at radius 1 is 1.62 bits per heavy atom. The van der Waals surface area contributed by atoms with Gasteiger partial charge in [-0.2, -0.15) is 11.8 Å². The van der Waals surface area contributed by atoms with Crippen LogP contribution in [-0.4, -0.2) is 23.5 Å². The molecule has 13 heavy (non-hydrogen) atoms. The van der Waals surface area contributed by atoms with E-state index in [9.17, 15) is 0 Å². The highest BCUT2D eigenvalue weighted by molar-refractivity contribution is 7.98. The summed E-state index contributed by atoms with van der Waals surface area (Å²) in [7, 11) is 0. The number of thioether (sulfide) groups is 1. The summed E-state index contributed by atoms with van der Waals surface area (Å²) in [5.74, 6) is 1.99. The van der Waals surface area contributed by atoms with Crippen molar-refractivity contribution in [1.82, 2.24) is 4.98 Å². The molecule has 1 aromatic heterocycles. The van der Waals surface area contributed by atoms with Crippen LogP contribution in [0.15, 0.2) is 12.3 Å². The second-order valence-electron chi connectivity index (χ2n) is 2.85. The number of nitrogens with zero attached hydrogens (tertiary/aromatic N) is 1. The molecule has 0 amide bonds. The molecule has 4 heteroatoms. The number of anilines is 2. The minimum Gasteiger partial charge on any atom is -0.397 e. The van der Waals surface area contributed by atoms with Gasteiger partial charge >= 0.3 is 0 Å². The average molecular weight is 197 g/mol. The smallest absolute Gasteiger partial charge is 0.126 e. The third-order valence-corrected chi connectivity index (χ3v) is 2.38. The van der Waals surface area contributed by atoms with Crippen molar-refractivity contribution in [2.75, 3.05) is 29.6 Å². The first-order valence-electron chi connectivity index (χ1n) is 4.19. The Hall–Kier alpha value is -0.900.